The summed E-state index contributed by atoms with van der Waals surface area (Å²) in [6.07, 6.45) is 2.62. The van der Waals surface area contributed by atoms with E-state index in [4.69, 9.17) is 4.74 Å². The molecule has 4 nitrogen and oxygen atoms in total. The van der Waals surface area contributed by atoms with E-state index < -0.39 is 12.0 Å². The minimum atomic E-state index is -0.747. The summed E-state index contributed by atoms with van der Waals surface area (Å²) in [6, 6.07) is 36.4. The molecule has 182 valence electrons. The molecule has 1 N–H and O–H groups in total. The van der Waals surface area contributed by atoms with Gasteiger partial charge in [0, 0.05) is 0 Å². The number of piperidine rings is 1. The Morgan fingerprint density at radius 3 is 2.00 bits per heavy atom. The second kappa shape index (κ2) is 11.2. The molecule has 1 heterocycles. The molecule has 0 saturated carbocycles. The number of benzene rings is 4. The van der Waals surface area contributed by atoms with E-state index in [2.05, 4.69) is 53.4 Å². The van der Waals surface area contributed by atoms with E-state index in [0.717, 1.165) is 47.4 Å². The first-order chi connectivity index (χ1) is 17.7. The second-order valence-corrected chi connectivity index (χ2v) is 9.32. The number of hydrogen-bond acceptors (Lipinski definition) is 3. The van der Waals surface area contributed by atoms with Gasteiger partial charge in [0.2, 0.25) is 0 Å². The van der Waals surface area contributed by atoms with Crippen molar-refractivity contribution in [2.75, 3.05) is 6.54 Å². The highest BCUT2D eigenvalue weighted by molar-refractivity contribution is 5.74. The van der Waals surface area contributed by atoms with Crippen LogP contribution in [-0.4, -0.2) is 28.6 Å². The molecular formula is C32H31NO3. The Morgan fingerprint density at radius 1 is 0.778 bits per heavy atom. The van der Waals surface area contributed by atoms with Crippen LogP contribution in [0.3, 0.4) is 0 Å². The van der Waals surface area contributed by atoms with Crippen LogP contribution in [0.25, 0.3) is 11.1 Å². The van der Waals surface area contributed by atoms with Gasteiger partial charge in [0.15, 0.2) is 0 Å². The molecule has 4 aromatic carbocycles. The molecule has 1 aliphatic rings. The van der Waals surface area contributed by atoms with Gasteiger partial charge in [0.05, 0.1) is 6.04 Å². The minimum Gasteiger partial charge on any atom is -0.489 e. The van der Waals surface area contributed by atoms with Gasteiger partial charge in [-0.25, -0.2) is 0 Å². The third-order valence-corrected chi connectivity index (χ3v) is 6.94. The highest BCUT2D eigenvalue weighted by Crippen LogP contribution is 2.36. The smallest absolute Gasteiger partial charge is 0.320 e. The lowest BCUT2D eigenvalue weighted by molar-refractivity contribution is -0.145. The van der Waals surface area contributed by atoms with Crippen molar-refractivity contribution in [2.24, 2.45) is 0 Å². The van der Waals surface area contributed by atoms with Gasteiger partial charge >= 0.3 is 5.97 Å². The lowest BCUT2D eigenvalue weighted by Crippen LogP contribution is -2.46. The minimum absolute atomic E-state index is 0.139. The van der Waals surface area contributed by atoms with Crippen molar-refractivity contribution in [3.05, 3.63) is 126 Å². The van der Waals surface area contributed by atoms with Gasteiger partial charge in [0.1, 0.15) is 18.4 Å². The number of aliphatic carboxylic acids is 1. The Bertz CT molecular complexity index is 1250. The summed E-state index contributed by atoms with van der Waals surface area (Å²) in [6.45, 7) is 1.27. The lowest BCUT2D eigenvalue weighted by Gasteiger charge is -2.39. The predicted molar refractivity (Wildman–Crippen MR) is 143 cm³/mol. The highest BCUT2D eigenvalue weighted by atomic mass is 16.5. The van der Waals surface area contributed by atoms with E-state index in [-0.39, 0.29) is 6.04 Å². The standard InChI is InChI=1S/C32H31NO3/c34-32(35)30-13-7-8-22-33(30)31(27-16-14-26(15-17-27)25-11-5-2-6-12-25)28-18-20-29(21-19-28)36-23-24-9-3-1-4-10-24/h1-6,9-12,14-21,30-31H,7-8,13,22-23H2,(H,34,35). The first-order valence-electron chi connectivity index (χ1n) is 12.6. The van der Waals surface area contributed by atoms with Crippen molar-refractivity contribution in [1.82, 2.24) is 4.90 Å². The largest absolute Gasteiger partial charge is 0.489 e. The van der Waals surface area contributed by atoms with Crippen molar-refractivity contribution in [1.29, 1.82) is 0 Å². The first kappa shape index (κ1) is 23.8. The Morgan fingerprint density at radius 2 is 1.36 bits per heavy atom. The number of carbonyl (C=O) groups is 1. The summed E-state index contributed by atoms with van der Waals surface area (Å²) in [5, 5.41) is 10.0. The van der Waals surface area contributed by atoms with Gasteiger partial charge in [-0.05, 0) is 59.3 Å². The average molecular weight is 478 g/mol. The Labute approximate surface area is 212 Å². The molecule has 2 atom stereocenters. The van der Waals surface area contributed by atoms with E-state index in [9.17, 15) is 9.90 Å². The number of carboxylic acid groups (broad SMARTS) is 1. The van der Waals surface area contributed by atoms with Crippen LogP contribution in [0.5, 0.6) is 5.75 Å². The molecule has 0 aromatic heterocycles. The normalized spacial score (nSPS) is 16.8. The number of carboxylic acids is 1. The molecule has 1 saturated heterocycles. The predicted octanol–water partition coefficient (Wildman–Crippen LogP) is 6.96. The third kappa shape index (κ3) is 5.50. The van der Waals surface area contributed by atoms with E-state index in [1.165, 1.54) is 5.56 Å². The van der Waals surface area contributed by atoms with E-state index >= 15 is 0 Å². The van der Waals surface area contributed by atoms with Crippen LogP contribution in [0, 0.1) is 0 Å². The maximum atomic E-state index is 12.2. The topological polar surface area (TPSA) is 49.8 Å². The maximum absolute atomic E-state index is 12.2. The van der Waals surface area contributed by atoms with Crippen molar-refractivity contribution in [2.45, 2.75) is 38.0 Å². The van der Waals surface area contributed by atoms with Gasteiger partial charge < -0.3 is 9.84 Å². The molecule has 1 fully saturated rings. The van der Waals surface area contributed by atoms with E-state index in [1.807, 2.05) is 60.7 Å². The Hall–Kier alpha value is -3.89. The Balaban J connectivity index is 1.43. The van der Waals surface area contributed by atoms with Crippen LogP contribution < -0.4 is 4.74 Å². The molecule has 4 heteroatoms. The SMILES string of the molecule is O=C(O)C1CCCCN1C(c1ccc(OCc2ccccc2)cc1)c1ccc(-c2ccccc2)cc1. The average Bonchev–Trinajstić information content (AvgIpc) is 2.94. The van der Waals surface area contributed by atoms with Crippen LogP contribution in [-0.2, 0) is 11.4 Å². The molecule has 0 radical (unpaired) electrons. The van der Waals surface area contributed by atoms with Crippen LogP contribution >= 0.6 is 0 Å². The van der Waals surface area contributed by atoms with Gasteiger partial charge in [0.25, 0.3) is 0 Å². The Kier molecular flexibility index (Phi) is 7.44. The van der Waals surface area contributed by atoms with Crippen molar-refractivity contribution < 1.29 is 14.6 Å². The van der Waals surface area contributed by atoms with Crippen molar-refractivity contribution in [3.63, 3.8) is 0 Å². The molecular weight excluding hydrogens is 446 g/mol. The monoisotopic (exact) mass is 477 g/mol. The zero-order valence-corrected chi connectivity index (χ0v) is 20.3. The third-order valence-electron chi connectivity index (χ3n) is 6.94. The fourth-order valence-corrected chi connectivity index (χ4v) is 5.08. The maximum Gasteiger partial charge on any atom is 0.320 e. The number of rotatable bonds is 8. The van der Waals surface area contributed by atoms with E-state index in [0.29, 0.717) is 13.0 Å². The summed E-state index contributed by atoms with van der Waals surface area (Å²) in [7, 11) is 0. The summed E-state index contributed by atoms with van der Waals surface area (Å²) < 4.78 is 5.99. The number of hydrogen-bond donors (Lipinski definition) is 1. The number of ether oxygens (including phenoxy) is 1. The zero-order valence-electron chi connectivity index (χ0n) is 20.3. The fourth-order valence-electron chi connectivity index (χ4n) is 5.08. The van der Waals surface area contributed by atoms with Gasteiger partial charge in [-0.1, -0.05) is 103 Å². The highest BCUT2D eigenvalue weighted by Gasteiger charge is 2.35. The number of likely N-dealkylation sites (tertiary alicyclic amines) is 1. The van der Waals surface area contributed by atoms with Crippen molar-refractivity contribution >= 4 is 5.97 Å². The first-order valence-corrected chi connectivity index (χ1v) is 12.6. The summed E-state index contributed by atoms with van der Waals surface area (Å²) in [5.74, 6) is 0.0534. The van der Waals surface area contributed by atoms with Crippen LogP contribution in [0.15, 0.2) is 109 Å². The summed E-state index contributed by atoms with van der Waals surface area (Å²) in [5.41, 5.74) is 5.61. The summed E-state index contributed by atoms with van der Waals surface area (Å²) >= 11 is 0. The molecule has 0 bridgehead atoms. The molecule has 0 aliphatic carbocycles. The molecule has 1 aliphatic heterocycles. The second-order valence-electron chi connectivity index (χ2n) is 9.32. The van der Waals surface area contributed by atoms with Crippen LogP contribution in [0.2, 0.25) is 0 Å². The summed E-state index contributed by atoms with van der Waals surface area (Å²) in [4.78, 5) is 14.3. The van der Waals surface area contributed by atoms with Gasteiger partial charge in [-0.2, -0.15) is 0 Å². The fraction of sp³-hybridized carbons (Fsp3) is 0.219. The lowest BCUT2D eigenvalue weighted by atomic mass is 9.90. The number of nitrogens with zero attached hydrogens (tertiary/aromatic N) is 1. The molecule has 0 amide bonds. The molecule has 0 spiro atoms. The van der Waals surface area contributed by atoms with Gasteiger partial charge in [-0.15, -0.1) is 0 Å². The van der Waals surface area contributed by atoms with Crippen LogP contribution in [0.1, 0.15) is 42.0 Å². The van der Waals surface area contributed by atoms with Crippen LogP contribution in [0.4, 0.5) is 0 Å². The van der Waals surface area contributed by atoms with Gasteiger partial charge in [-0.3, -0.25) is 9.69 Å². The molecule has 5 rings (SSSR count). The van der Waals surface area contributed by atoms with E-state index in [1.54, 1.807) is 0 Å². The van der Waals surface area contributed by atoms with Crippen molar-refractivity contribution in [3.8, 4) is 16.9 Å². The molecule has 2 unspecified atom stereocenters. The quantitative estimate of drug-likeness (QED) is 0.298. The molecule has 36 heavy (non-hydrogen) atoms. The zero-order chi connectivity index (χ0) is 24.7. The molecule has 4 aromatic rings.